The molecule has 0 aliphatic carbocycles. The van der Waals surface area contributed by atoms with Gasteiger partial charge in [0.2, 0.25) is 0 Å². The molecule has 1 fully saturated rings. The quantitative estimate of drug-likeness (QED) is 0.284. The summed E-state index contributed by atoms with van der Waals surface area (Å²) in [6.07, 6.45) is 1.60. The zero-order chi connectivity index (χ0) is 24.9. The lowest BCUT2D eigenvalue weighted by Crippen LogP contribution is -2.27. The van der Waals surface area contributed by atoms with Gasteiger partial charge in [-0.2, -0.15) is 0 Å². The van der Waals surface area contributed by atoms with E-state index in [1.54, 1.807) is 54.6 Å². The van der Waals surface area contributed by atoms with Gasteiger partial charge in [-0.3, -0.25) is 14.5 Å². The number of ether oxygens (including phenoxy) is 2. The first-order chi connectivity index (χ1) is 16.8. The zero-order valence-electron chi connectivity index (χ0n) is 18.6. The maximum absolute atomic E-state index is 13.1. The van der Waals surface area contributed by atoms with Crippen LogP contribution in [0.15, 0.2) is 65.6 Å². The molecule has 0 bridgehead atoms. The summed E-state index contributed by atoms with van der Waals surface area (Å²) in [6, 6.07) is 16.3. The molecule has 0 radical (unpaired) electrons. The van der Waals surface area contributed by atoms with Gasteiger partial charge in [0.25, 0.3) is 11.1 Å². The molecule has 4 rings (SSSR count). The van der Waals surface area contributed by atoms with E-state index in [0.717, 1.165) is 22.9 Å². The van der Waals surface area contributed by atoms with Gasteiger partial charge in [0.15, 0.2) is 11.5 Å². The minimum Gasteiger partial charge on any atom is -0.490 e. The summed E-state index contributed by atoms with van der Waals surface area (Å²) in [5.41, 5.74) is 2.15. The molecule has 180 valence electrons. The number of halogens is 3. The minimum atomic E-state index is -0.388. The van der Waals surface area contributed by atoms with Crippen molar-refractivity contribution in [2.45, 2.75) is 20.1 Å². The Bertz CT molecular complexity index is 1280. The van der Waals surface area contributed by atoms with Crippen molar-refractivity contribution in [1.29, 1.82) is 0 Å². The van der Waals surface area contributed by atoms with Crippen molar-refractivity contribution in [3.63, 3.8) is 0 Å². The van der Waals surface area contributed by atoms with E-state index in [9.17, 15) is 14.0 Å². The summed E-state index contributed by atoms with van der Waals surface area (Å²) in [5.74, 6) is 0.0176. The fraction of sp³-hybridized carbons (Fsp3) is 0.154. The van der Waals surface area contributed by atoms with Crippen LogP contribution in [0.1, 0.15) is 23.6 Å². The van der Waals surface area contributed by atoms with E-state index in [-0.39, 0.29) is 40.0 Å². The van der Waals surface area contributed by atoms with Crippen LogP contribution < -0.4 is 9.47 Å². The largest absolute Gasteiger partial charge is 0.490 e. The molecule has 1 saturated heterocycles. The predicted molar refractivity (Wildman–Crippen MR) is 136 cm³/mol. The monoisotopic (exact) mass is 531 g/mol. The lowest BCUT2D eigenvalue weighted by atomic mass is 10.1. The van der Waals surface area contributed by atoms with Crippen LogP contribution in [-0.2, 0) is 17.9 Å². The number of carbonyl (C=O) groups is 2. The zero-order valence-corrected chi connectivity index (χ0v) is 20.9. The second-order valence-electron chi connectivity index (χ2n) is 7.57. The van der Waals surface area contributed by atoms with Crippen molar-refractivity contribution >= 4 is 52.2 Å². The Kier molecular flexibility index (Phi) is 8.00. The molecule has 0 aromatic heterocycles. The first-order valence-electron chi connectivity index (χ1n) is 10.7. The number of imide groups is 1. The highest BCUT2D eigenvalue weighted by atomic mass is 35.5. The Morgan fingerprint density at radius 3 is 2.34 bits per heavy atom. The Morgan fingerprint density at radius 2 is 1.66 bits per heavy atom. The molecule has 3 aromatic carbocycles. The smallest absolute Gasteiger partial charge is 0.293 e. The average Bonchev–Trinajstić information content (AvgIpc) is 3.08. The number of amides is 2. The number of hydrogen-bond donors (Lipinski definition) is 0. The summed E-state index contributed by atoms with van der Waals surface area (Å²) in [4.78, 5) is 26.9. The lowest BCUT2D eigenvalue weighted by Gasteiger charge is -2.15. The Balaban J connectivity index is 1.54. The molecule has 2 amide bonds. The van der Waals surface area contributed by atoms with Crippen LogP contribution in [0.25, 0.3) is 6.08 Å². The SMILES string of the molecule is CCOc1cc(/C=C2\SC(=O)N(Cc3ccc(Cl)cc3)C2=O)cc(Cl)c1OCc1ccc(F)cc1. The van der Waals surface area contributed by atoms with E-state index in [2.05, 4.69) is 0 Å². The number of rotatable bonds is 8. The molecule has 0 atom stereocenters. The van der Waals surface area contributed by atoms with Crippen molar-refractivity contribution < 1.29 is 23.5 Å². The Morgan fingerprint density at radius 1 is 0.971 bits per heavy atom. The molecule has 1 heterocycles. The van der Waals surface area contributed by atoms with Crippen molar-refractivity contribution in [1.82, 2.24) is 4.90 Å². The maximum Gasteiger partial charge on any atom is 0.293 e. The van der Waals surface area contributed by atoms with Crippen LogP contribution in [0, 0.1) is 5.82 Å². The molecule has 0 spiro atoms. The number of hydrogen-bond acceptors (Lipinski definition) is 5. The van der Waals surface area contributed by atoms with Gasteiger partial charge >= 0.3 is 0 Å². The van der Waals surface area contributed by atoms with Crippen LogP contribution in [0.4, 0.5) is 9.18 Å². The molecule has 3 aromatic rings. The van der Waals surface area contributed by atoms with Crippen LogP contribution in [0.5, 0.6) is 11.5 Å². The van der Waals surface area contributed by atoms with E-state index in [0.29, 0.717) is 28.7 Å². The standard InChI is InChI=1S/C26H20Cl2FNO4S/c1-2-33-22-12-18(11-21(28)24(22)34-15-17-5-9-20(29)10-6-17)13-23-25(31)30(26(32)35-23)14-16-3-7-19(27)8-4-16/h3-13H,2,14-15H2,1H3/b23-13-. The first-order valence-corrected chi connectivity index (χ1v) is 12.2. The highest BCUT2D eigenvalue weighted by molar-refractivity contribution is 8.18. The van der Waals surface area contributed by atoms with Crippen molar-refractivity contribution in [3.05, 3.63) is 98.1 Å². The van der Waals surface area contributed by atoms with Crippen LogP contribution >= 0.6 is 35.0 Å². The van der Waals surface area contributed by atoms with E-state index >= 15 is 0 Å². The molecule has 0 saturated carbocycles. The summed E-state index contributed by atoms with van der Waals surface area (Å²) in [7, 11) is 0. The predicted octanol–water partition coefficient (Wildman–Crippen LogP) is 7.35. The average molecular weight is 532 g/mol. The first kappa shape index (κ1) is 25.1. The van der Waals surface area contributed by atoms with Gasteiger partial charge in [-0.05, 0) is 77.9 Å². The van der Waals surface area contributed by atoms with Gasteiger partial charge in [0.1, 0.15) is 12.4 Å². The second-order valence-corrected chi connectivity index (χ2v) is 9.41. The fourth-order valence-electron chi connectivity index (χ4n) is 3.37. The Labute approximate surface area is 216 Å². The van der Waals surface area contributed by atoms with Crippen LogP contribution in [-0.4, -0.2) is 22.7 Å². The molecule has 1 aliphatic heterocycles. The van der Waals surface area contributed by atoms with Gasteiger partial charge in [0, 0.05) is 5.02 Å². The van der Waals surface area contributed by atoms with Crippen molar-refractivity contribution in [2.75, 3.05) is 6.61 Å². The normalized spacial score (nSPS) is 14.6. The van der Waals surface area contributed by atoms with Crippen LogP contribution in [0.3, 0.4) is 0 Å². The minimum absolute atomic E-state index is 0.153. The van der Waals surface area contributed by atoms with E-state index in [1.165, 1.54) is 17.0 Å². The molecule has 0 unspecified atom stereocenters. The van der Waals surface area contributed by atoms with E-state index in [4.69, 9.17) is 32.7 Å². The molecule has 1 aliphatic rings. The van der Waals surface area contributed by atoms with Gasteiger partial charge in [-0.25, -0.2) is 4.39 Å². The van der Waals surface area contributed by atoms with Gasteiger partial charge in [-0.15, -0.1) is 0 Å². The molecule has 5 nitrogen and oxygen atoms in total. The van der Waals surface area contributed by atoms with E-state index in [1.807, 2.05) is 6.92 Å². The second kappa shape index (κ2) is 11.2. The Hall–Kier alpha value is -3.00. The number of carbonyl (C=O) groups excluding carboxylic acids is 2. The summed E-state index contributed by atoms with van der Waals surface area (Å²) >= 11 is 13.3. The summed E-state index contributed by atoms with van der Waals surface area (Å²) in [6.45, 7) is 2.51. The third-order valence-corrected chi connectivity index (χ3v) is 6.49. The number of benzene rings is 3. The number of thioether (sulfide) groups is 1. The van der Waals surface area contributed by atoms with Gasteiger partial charge in [-0.1, -0.05) is 47.5 Å². The van der Waals surface area contributed by atoms with Crippen molar-refractivity contribution in [3.8, 4) is 11.5 Å². The molecular weight excluding hydrogens is 512 g/mol. The van der Waals surface area contributed by atoms with E-state index < -0.39 is 0 Å². The summed E-state index contributed by atoms with van der Waals surface area (Å²) < 4.78 is 24.7. The lowest BCUT2D eigenvalue weighted by molar-refractivity contribution is -0.123. The summed E-state index contributed by atoms with van der Waals surface area (Å²) in [5, 5.41) is 0.506. The third kappa shape index (κ3) is 6.17. The molecule has 35 heavy (non-hydrogen) atoms. The third-order valence-electron chi connectivity index (χ3n) is 5.05. The topological polar surface area (TPSA) is 55.8 Å². The number of nitrogens with zero attached hydrogens (tertiary/aromatic N) is 1. The highest BCUT2D eigenvalue weighted by Gasteiger charge is 2.35. The molecule has 0 N–H and O–H groups in total. The van der Waals surface area contributed by atoms with Crippen molar-refractivity contribution in [2.24, 2.45) is 0 Å². The van der Waals surface area contributed by atoms with Gasteiger partial charge < -0.3 is 9.47 Å². The molecular formula is C26H20Cl2FNO4S. The molecule has 9 heteroatoms. The fourth-order valence-corrected chi connectivity index (χ4v) is 4.61. The van der Waals surface area contributed by atoms with Gasteiger partial charge in [0.05, 0.1) is 23.1 Å². The van der Waals surface area contributed by atoms with Crippen LogP contribution in [0.2, 0.25) is 10.0 Å². The highest BCUT2D eigenvalue weighted by Crippen LogP contribution is 2.40. The maximum atomic E-state index is 13.1.